The number of hydrogen-bond acceptors (Lipinski definition) is 6. The lowest BCUT2D eigenvalue weighted by Gasteiger charge is -2.36. The molecule has 1 fully saturated rings. The largest absolute Gasteiger partial charge is 0.496 e. The lowest BCUT2D eigenvalue weighted by Crippen LogP contribution is -2.46. The molecule has 1 saturated heterocycles. The molecule has 4 heterocycles. The number of benzene rings is 1. The van der Waals surface area contributed by atoms with Crippen LogP contribution in [0, 0.1) is 6.92 Å². The summed E-state index contributed by atoms with van der Waals surface area (Å²) in [4.78, 5) is 14.1. The molecule has 1 aliphatic heterocycles. The number of piperazine rings is 1. The Kier molecular flexibility index (Phi) is 5.72. The molecule has 0 radical (unpaired) electrons. The fourth-order valence-electron chi connectivity index (χ4n) is 4.24. The summed E-state index contributed by atoms with van der Waals surface area (Å²) >= 11 is 6.37. The van der Waals surface area contributed by atoms with Crippen molar-refractivity contribution in [3.63, 3.8) is 0 Å². The molecule has 1 aromatic carbocycles. The highest BCUT2D eigenvalue weighted by Gasteiger charge is 2.20. The minimum Gasteiger partial charge on any atom is -0.496 e. The summed E-state index contributed by atoms with van der Waals surface area (Å²) in [6, 6.07) is 12.1. The van der Waals surface area contributed by atoms with Crippen LogP contribution in [0.4, 0.5) is 11.5 Å². The van der Waals surface area contributed by atoms with Gasteiger partial charge in [-0.2, -0.15) is 0 Å². The van der Waals surface area contributed by atoms with Crippen LogP contribution in [0.2, 0.25) is 5.02 Å². The highest BCUT2D eigenvalue weighted by Crippen LogP contribution is 2.38. The molecule has 170 valence electrons. The number of hydrogen-bond donors (Lipinski definition) is 0. The van der Waals surface area contributed by atoms with E-state index < -0.39 is 0 Å². The van der Waals surface area contributed by atoms with Gasteiger partial charge in [0, 0.05) is 68.2 Å². The summed E-state index contributed by atoms with van der Waals surface area (Å²) in [5.41, 5.74) is 4.89. The SMILES string of the molecule is COc1cc(OC)c(-c2cn3ccc(N4CCN(c5cc(C)ccn5)CC4)cc3n2)cc1Cl. The van der Waals surface area contributed by atoms with E-state index in [2.05, 4.69) is 39.9 Å². The maximum absolute atomic E-state index is 6.37. The topological polar surface area (TPSA) is 55.1 Å². The van der Waals surface area contributed by atoms with Crippen LogP contribution < -0.4 is 19.3 Å². The van der Waals surface area contributed by atoms with Crippen molar-refractivity contribution in [2.75, 3.05) is 50.2 Å². The van der Waals surface area contributed by atoms with Gasteiger partial charge in [-0.25, -0.2) is 9.97 Å². The molecule has 33 heavy (non-hydrogen) atoms. The van der Waals surface area contributed by atoms with E-state index in [0.29, 0.717) is 16.5 Å². The van der Waals surface area contributed by atoms with E-state index in [4.69, 9.17) is 26.1 Å². The molecule has 5 rings (SSSR count). The van der Waals surface area contributed by atoms with Crippen LogP contribution in [0.5, 0.6) is 11.5 Å². The second kappa shape index (κ2) is 8.83. The molecule has 0 unspecified atom stereocenters. The van der Waals surface area contributed by atoms with E-state index in [1.165, 1.54) is 5.56 Å². The van der Waals surface area contributed by atoms with Gasteiger partial charge in [0.1, 0.15) is 23.0 Å². The zero-order chi connectivity index (χ0) is 22.9. The summed E-state index contributed by atoms with van der Waals surface area (Å²) in [5, 5.41) is 0.520. The quantitative estimate of drug-likeness (QED) is 0.427. The van der Waals surface area contributed by atoms with Crippen LogP contribution in [0.1, 0.15) is 5.56 Å². The highest BCUT2D eigenvalue weighted by atomic mass is 35.5. The van der Waals surface area contributed by atoms with Crippen molar-refractivity contribution in [3.05, 3.63) is 65.6 Å². The van der Waals surface area contributed by atoms with Crippen molar-refractivity contribution in [2.45, 2.75) is 6.92 Å². The van der Waals surface area contributed by atoms with Crippen LogP contribution in [-0.2, 0) is 0 Å². The van der Waals surface area contributed by atoms with Gasteiger partial charge in [-0.1, -0.05) is 11.6 Å². The molecule has 8 heteroatoms. The molecule has 7 nitrogen and oxygen atoms in total. The summed E-state index contributed by atoms with van der Waals surface area (Å²) in [6.07, 6.45) is 5.92. The maximum atomic E-state index is 6.37. The second-order valence-electron chi connectivity index (χ2n) is 8.13. The first kappa shape index (κ1) is 21.4. The molecule has 0 atom stereocenters. The number of fused-ring (bicyclic) bond motifs is 1. The predicted octanol–water partition coefficient (Wildman–Crippen LogP) is 4.70. The molecule has 0 spiro atoms. The van der Waals surface area contributed by atoms with Crippen molar-refractivity contribution in [1.29, 1.82) is 0 Å². The van der Waals surface area contributed by atoms with Gasteiger partial charge in [-0.15, -0.1) is 0 Å². The van der Waals surface area contributed by atoms with Gasteiger partial charge in [-0.3, -0.25) is 0 Å². The first-order chi connectivity index (χ1) is 16.1. The fraction of sp³-hybridized carbons (Fsp3) is 0.280. The maximum Gasteiger partial charge on any atom is 0.141 e. The summed E-state index contributed by atoms with van der Waals surface area (Å²) in [7, 11) is 3.22. The van der Waals surface area contributed by atoms with E-state index in [9.17, 15) is 0 Å². The number of aryl methyl sites for hydroxylation is 1. The number of methoxy groups -OCH3 is 2. The van der Waals surface area contributed by atoms with Crippen molar-refractivity contribution < 1.29 is 9.47 Å². The van der Waals surface area contributed by atoms with Gasteiger partial charge >= 0.3 is 0 Å². The van der Waals surface area contributed by atoms with E-state index in [1.54, 1.807) is 20.3 Å². The molecular formula is C25H26ClN5O2. The molecule has 3 aromatic heterocycles. The Morgan fingerprint density at radius 1 is 0.909 bits per heavy atom. The smallest absolute Gasteiger partial charge is 0.141 e. The van der Waals surface area contributed by atoms with E-state index in [0.717, 1.165) is 54.6 Å². The predicted molar refractivity (Wildman–Crippen MR) is 132 cm³/mol. The number of anilines is 2. The van der Waals surface area contributed by atoms with Gasteiger partial charge in [0.05, 0.1) is 24.9 Å². The third-order valence-corrected chi connectivity index (χ3v) is 6.36. The molecule has 0 saturated carbocycles. The summed E-state index contributed by atoms with van der Waals surface area (Å²) in [5.74, 6) is 2.29. The number of rotatable bonds is 5. The number of aromatic nitrogens is 3. The Morgan fingerprint density at radius 2 is 1.67 bits per heavy atom. The monoisotopic (exact) mass is 463 g/mol. The lowest BCUT2D eigenvalue weighted by molar-refractivity contribution is 0.395. The molecule has 0 amide bonds. The van der Waals surface area contributed by atoms with E-state index in [-0.39, 0.29) is 0 Å². The van der Waals surface area contributed by atoms with Crippen LogP contribution in [0.25, 0.3) is 16.9 Å². The number of ether oxygens (including phenoxy) is 2. The third-order valence-electron chi connectivity index (χ3n) is 6.06. The number of nitrogens with zero attached hydrogens (tertiary/aromatic N) is 5. The molecule has 0 N–H and O–H groups in total. The zero-order valence-electron chi connectivity index (χ0n) is 19.0. The summed E-state index contributed by atoms with van der Waals surface area (Å²) < 4.78 is 12.9. The standard InChI is InChI=1S/C25H26ClN5O2/c1-17-4-6-27-24(12-17)30-10-8-29(9-11-30)18-5-7-31-16-21(28-25(31)13-18)19-14-20(26)23(33-3)15-22(19)32-2/h4-7,12-16H,8-11H2,1-3H3. The second-order valence-corrected chi connectivity index (χ2v) is 8.54. The minimum atomic E-state index is 0.520. The molecular weight excluding hydrogens is 438 g/mol. The number of halogens is 1. The first-order valence-corrected chi connectivity index (χ1v) is 11.3. The average Bonchev–Trinajstić information content (AvgIpc) is 3.27. The van der Waals surface area contributed by atoms with E-state index >= 15 is 0 Å². The van der Waals surface area contributed by atoms with Crippen molar-refractivity contribution in [2.24, 2.45) is 0 Å². The normalized spacial score (nSPS) is 14.1. The Bertz CT molecular complexity index is 1300. The average molecular weight is 464 g/mol. The number of pyridine rings is 2. The van der Waals surface area contributed by atoms with Crippen LogP contribution in [0.15, 0.2) is 55.0 Å². The fourth-order valence-corrected chi connectivity index (χ4v) is 4.49. The van der Waals surface area contributed by atoms with Gasteiger partial charge in [0.25, 0.3) is 0 Å². The zero-order valence-corrected chi connectivity index (χ0v) is 19.7. The molecule has 1 aliphatic rings. The van der Waals surface area contributed by atoms with Crippen molar-refractivity contribution in [3.8, 4) is 22.8 Å². The summed E-state index contributed by atoms with van der Waals surface area (Å²) in [6.45, 7) is 5.83. The molecule has 0 aliphatic carbocycles. The lowest BCUT2D eigenvalue weighted by atomic mass is 10.1. The van der Waals surface area contributed by atoms with Crippen LogP contribution in [0.3, 0.4) is 0 Å². The van der Waals surface area contributed by atoms with Crippen LogP contribution >= 0.6 is 11.6 Å². The van der Waals surface area contributed by atoms with Crippen LogP contribution in [-0.4, -0.2) is 54.8 Å². The van der Waals surface area contributed by atoms with Crippen molar-refractivity contribution in [1.82, 2.24) is 14.4 Å². The molecule has 4 aromatic rings. The molecule has 0 bridgehead atoms. The Balaban J connectivity index is 1.38. The van der Waals surface area contributed by atoms with Gasteiger partial charge < -0.3 is 23.7 Å². The Labute approximate surface area is 198 Å². The van der Waals surface area contributed by atoms with E-state index in [1.807, 2.05) is 35.1 Å². The van der Waals surface area contributed by atoms with Gasteiger partial charge in [-0.05, 0) is 36.8 Å². The Morgan fingerprint density at radius 3 is 2.39 bits per heavy atom. The van der Waals surface area contributed by atoms with Crippen molar-refractivity contribution >= 4 is 28.8 Å². The first-order valence-electron chi connectivity index (χ1n) is 10.9. The van der Waals surface area contributed by atoms with Gasteiger partial charge in [0.2, 0.25) is 0 Å². The number of imidazole rings is 1. The third kappa shape index (κ3) is 4.16. The Hall–Kier alpha value is -3.45. The van der Waals surface area contributed by atoms with Gasteiger partial charge in [0.15, 0.2) is 0 Å². The minimum absolute atomic E-state index is 0.520. The highest BCUT2D eigenvalue weighted by molar-refractivity contribution is 6.32.